The molecule has 12 heavy (non-hydrogen) atoms. The van der Waals surface area contributed by atoms with E-state index in [9.17, 15) is 0 Å². The fourth-order valence-electron chi connectivity index (χ4n) is 1.55. The maximum Gasteiger partial charge on any atom is 0.0167 e. The van der Waals surface area contributed by atoms with Gasteiger partial charge in [0.1, 0.15) is 0 Å². The normalized spacial score (nSPS) is 26.0. The molecule has 72 valence electrons. The summed E-state index contributed by atoms with van der Waals surface area (Å²) in [6.07, 6.45) is 0. The second-order valence-electron chi connectivity index (χ2n) is 3.35. The molecule has 1 N–H and O–H groups in total. The first-order chi connectivity index (χ1) is 5.83. The Balaban J connectivity index is 2.06. The van der Waals surface area contributed by atoms with Gasteiger partial charge in [-0.15, -0.1) is 0 Å². The van der Waals surface area contributed by atoms with Crippen LogP contribution in [0, 0.1) is 0 Å². The molecule has 1 aliphatic rings. The van der Waals surface area contributed by atoms with E-state index in [-0.39, 0.29) is 0 Å². The molecule has 1 rings (SSSR count). The van der Waals surface area contributed by atoms with E-state index in [4.69, 9.17) is 0 Å². The van der Waals surface area contributed by atoms with Crippen molar-refractivity contribution >= 4 is 11.8 Å². The van der Waals surface area contributed by atoms with Crippen LogP contribution in [0.4, 0.5) is 0 Å². The topological polar surface area (TPSA) is 15.3 Å². The van der Waals surface area contributed by atoms with Crippen LogP contribution in [-0.2, 0) is 0 Å². The van der Waals surface area contributed by atoms with Crippen molar-refractivity contribution in [3.05, 3.63) is 0 Å². The SMILES string of the molecule is CCSCCN1CCNC(C)C1. The fourth-order valence-corrected chi connectivity index (χ4v) is 2.23. The lowest BCUT2D eigenvalue weighted by atomic mass is 10.2. The zero-order chi connectivity index (χ0) is 8.81. The fraction of sp³-hybridized carbons (Fsp3) is 1.00. The Labute approximate surface area is 80.1 Å². The molecule has 0 saturated carbocycles. The molecule has 0 spiro atoms. The third kappa shape index (κ3) is 3.78. The van der Waals surface area contributed by atoms with Gasteiger partial charge in [0.05, 0.1) is 0 Å². The molecule has 0 bridgehead atoms. The van der Waals surface area contributed by atoms with Gasteiger partial charge in [-0.1, -0.05) is 6.92 Å². The molecule has 1 aliphatic heterocycles. The molecule has 0 amide bonds. The van der Waals surface area contributed by atoms with Crippen LogP contribution < -0.4 is 5.32 Å². The van der Waals surface area contributed by atoms with Gasteiger partial charge in [0, 0.05) is 38.0 Å². The molecular formula is C9H20N2S. The minimum absolute atomic E-state index is 0.686. The van der Waals surface area contributed by atoms with Crippen molar-refractivity contribution in [2.45, 2.75) is 19.9 Å². The second-order valence-corrected chi connectivity index (χ2v) is 4.75. The predicted octanol–water partition coefficient (Wildman–Crippen LogP) is 1.03. The molecule has 1 saturated heterocycles. The van der Waals surface area contributed by atoms with Gasteiger partial charge in [-0.3, -0.25) is 4.90 Å². The number of hydrogen-bond donors (Lipinski definition) is 1. The highest BCUT2D eigenvalue weighted by atomic mass is 32.2. The monoisotopic (exact) mass is 188 g/mol. The Morgan fingerprint density at radius 2 is 2.42 bits per heavy atom. The standard InChI is InChI=1S/C9H20N2S/c1-3-12-7-6-11-5-4-10-9(2)8-11/h9-10H,3-8H2,1-2H3. The largest absolute Gasteiger partial charge is 0.312 e. The molecule has 0 aromatic rings. The summed E-state index contributed by atoms with van der Waals surface area (Å²) >= 11 is 2.04. The summed E-state index contributed by atoms with van der Waals surface area (Å²) in [4.78, 5) is 2.56. The van der Waals surface area contributed by atoms with Gasteiger partial charge in [0.25, 0.3) is 0 Å². The van der Waals surface area contributed by atoms with E-state index in [1.54, 1.807) is 0 Å². The number of hydrogen-bond acceptors (Lipinski definition) is 3. The summed E-state index contributed by atoms with van der Waals surface area (Å²) in [6, 6.07) is 0.686. The van der Waals surface area contributed by atoms with E-state index >= 15 is 0 Å². The van der Waals surface area contributed by atoms with Crippen LogP contribution >= 0.6 is 11.8 Å². The average Bonchev–Trinajstić information content (AvgIpc) is 2.05. The molecular weight excluding hydrogens is 168 g/mol. The summed E-state index contributed by atoms with van der Waals surface area (Å²) in [7, 11) is 0. The van der Waals surface area contributed by atoms with E-state index < -0.39 is 0 Å². The van der Waals surface area contributed by atoms with Gasteiger partial charge in [0.15, 0.2) is 0 Å². The number of nitrogens with one attached hydrogen (secondary N) is 1. The molecule has 3 heteroatoms. The highest BCUT2D eigenvalue weighted by Gasteiger charge is 2.14. The molecule has 2 nitrogen and oxygen atoms in total. The lowest BCUT2D eigenvalue weighted by molar-refractivity contribution is 0.218. The molecule has 1 unspecified atom stereocenters. The van der Waals surface area contributed by atoms with Gasteiger partial charge in [-0.2, -0.15) is 11.8 Å². The third-order valence-corrected chi connectivity index (χ3v) is 3.09. The smallest absolute Gasteiger partial charge is 0.0167 e. The van der Waals surface area contributed by atoms with Crippen molar-refractivity contribution in [3.8, 4) is 0 Å². The minimum atomic E-state index is 0.686. The summed E-state index contributed by atoms with van der Waals surface area (Å²) in [5, 5.41) is 3.45. The molecule has 0 aromatic carbocycles. The first-order valence-corrected chi connectivity index (χ1v) is 6.02. The van der Waals surface area contributed by atoms with Crippen LogP contribution in [0.5, 0.6) is 0 Å². The average molecular weight is 188 g/mol. The van der Waals surface area contributed by atoms with Gasteiger partial charge in [-0.25, -0.2) is 0 Å². The van der Waals surface area contributed by atoms with Crippen molar-refractivity contribution in [1.82, 2.24) is 10.2 Å². The van der Waals surface area contributed by atoms with Gasteiger partial charge in [-0.05, 0) is 12.7 Å². The number of rotatable bonds is 4. The lowest BCUT2D eigenvalue weighted by Crippen LogP contribution is -2.49. The van der Waals surface area contributed by atoms with E-state index in [1.165, 1.54) is 31.1 Å². The number of piperazine rings is 1. The van der Waals surface area contributed by atoms with Gasteiger partial charge >= 0.3 is 0 Å². The van der Waals surface area contributed by atoms with Crippen LogP contribution in [0.2, 0.25) is 0 Å². The van der Waals surface area contributed by atoms with Crippen molar-refractivity contribution in [2.24, 2.45) is 0 Å². The summed E-state index contributed by atoms with van der Waals surface area (Å²) < 4.78 is 0. The lowest BCUT2D eigenvalue weighted by Gasteiger charge is -2.31. The van der Waals surface area contributed by atoms with Crippen LogP contribution in [-0.4, -0.2) is 48.6 Å². The summed E-state index contributed by atoms with van der Waals surface area (Å²) in [5.41, 5.74) is 0. The molecule has 1 heterocycles. The summed E-state index contributed by atoms with van der Waals surface area (Å²) in [6.45, 7) is 9.38. The van der Waals surface area contributed by atoms with E-state index in [0.717, 1.165) is 6.54 Å². The van der Waals surface area contributed by atoms with Crippen LogP contribution in [0.1, 0.15) is 13.8 Å². The molecule has 0 radical (unpaired) electrons. The van der Waals surface area contributed by atoms with Crippen molar-refractivity contribution in [1.29, 1.82) is 0 Å². The third-order valence-electron chi connectivity index (χ3n) is 2.21. The van der Waals surface area contributed by atoms with Crippen LogP contribution in [0.25, 0.3) is 0 Å². The van der Waals surface area contributed by atoms with Crippen molar-refractivity contribution < 1.29 is 0 Å². The quantitative estimate of drug-likeness (QED) is 0.664. The number of thioether (sulfide) groups is 1. The Morgan fingerprint density at radius 1 is 1.58 bits per heavy atom. The molecule has 0 aliphatic carbocycles. The molecule has 1 atom stereocenters. The van der Waals surface area contributed by atoms with Crippen molar-refractivity contribution in [2.75, 3.05) is 37.7 Å². The van der Waals surface area contributed by atoms with Crippen molar-refractivity contribution in [3.63, 3.8) is 0 Å². The van der Waals surface area contributed by atoms with Gasteiger partial charge < -0.3 is 5.32 Å². The Bertz CT molecular complexity index is 119. The second kappa shape index (κ2) is 5.84. The molecule has 0 aromatic heterocycles. The van der Waals surface area contributed by atoms with Crippen LogP contribution in [0.3, 0.4) is 0 Å². The Hall–Kier alpha value is 0.270. The number of nitrogens with zero attached hydrogens (tertiary/aromatic N) is 1. The zero-order valence-corrected chi connectivity index (χ0v) is 8.99. The zero-order valence-electron chi connectivity index (χ0n) is 8.18. The van der Waals surface area contributed by atoms with E-state index in [2.05, 4.69) is 24.1 Å². The summed E-state index contributed by atoms with van der Waals surface area (Å²) in [5.74, 6) is 2.55. The van der Waals surface area contributed by atoms with E-state index in [1.807, 2.05) is 11.8 Å². The first kappa shape index (κ1) is 10.4. The first-order valence-electron chi connectivity index (χ1n) is 4.86. The highest BCUT2D eigenvalue weighted by molar-refractivity contribution is 7.99. The predicted molar refractivity (Wildman–Crippen MR) is 56.9 cm³/mol. The molecule has 1 fully saturated rings. The highest BCUT2D eigenvalue weighted by Crippen LogP contribution is 2.02. The Morgan fingerprint density at radius 3 is 3.08 bits per heavy atom. The maximum atomic E-state index is 3.45. The Kier molecular flexibility index (Phi) is 5.04. The van der Waals surface area contributed by atoms with E-state index in [0.29, 0.717) is 6.04 Å². The maximum absolute atomic E-state index is 3.45. The minimum Gasteiger partial charge on any atom is -0.312 e. The van der Waals surface area contributed by atoms with Gasteiger partial charge in [0.2, 0.25) is 0 Å². The van der Waals surface area contributed by atoms with Crippen LogP contribution in [0.15, 0.2) is 0 Å².